The minimum Gasteiger partial charge on any atom is -0.493 e. The molecule has 166 valence electrons. The summed E-state index contributed by atoms with van der Waals surface area (Å²) in [4.78, 5) is 14.0. The number of benzene rings is 1. The van der Waals surface area contributed by atoms with E-state index in [0.29, 0.717) is 37.4 Å². The Morgan fingerprint density at radius 2 is 1.90 bits per heavy atom. The zero-order valence-electron chi connectivity index (χ0n) is 17.9. The number of amides is 1. The molecule has 1 aromatic carbocycles. The minimum atomic E-state index is -0.840. The van der Waals surface area contributed by atoms with Crippen LogP contribution >= 0.6 is 12.4 Å². The monoisotopic (exact) mass is 437 g/mol. The van der Waals surface area contributed by atoms with Gasteiger partial charge in [0, 0.05) is 13.1 Å². The first-order chi connectivity index (χ1) is 13.9. The van der Waals surface area contributed by atoms with Gasteiger partial charge in [-0.25, -0.2) is 5.48 Å². The van der Waals surface area contributed by atoms with E-state index in [4.69, 9.17) is 14.7 Å². The van der Waals surface area contributed by atoms with Gasteiger partial charge in [0.1, 0.15) is 0 Å². The maximum Gasteiger partial charge on any atom is 0.263 e. The van der Waals surface area contributed by atoms with Crippen LogP contribution in [0.3, 0.4) is 0 Å². The van der Waals surface area contributed by atoms with Crippen molar-refractivity contribution in [3.63, 3.8) is 0 Å². The predicted octanol–water partition coefficient (Wildman–Crippen LogP) is 3.58. The van der Waals surface area contributed by atoms with Crippen molar-refractivity contribution in [1.82, 2.24) is 10.4 Å². The summed E-state index contributed by atoms with van der Waals surface area (Å²) in [5.41, 5.74) is 1.20. The molecule has 2 aliphatic rings. The van der Waals surface area contributed by atoms with Crippen LogP contribution in [-0.4, -0.2) is 47.9 Å². The number of piperidine rings is 1. The SMILES string of the molecule is COc1ccc(C2(C#N)CCN(C(C)(C)C(=O)NO)CC2)cc1OC1CCCC1.Cl. The molecule has 1 heterocycles. The third-order valence-electron chi connectivity index (χ3n) is 6.59. The maximum atomic E-state index is 12.0. The van der Waals surface area contributed by atoms with Crippen molar-refractivity contribution < 1.29 is 19.5 Å². The number of nitriles is 1. The van der Waals surface area contributed by atoms with Gasteiger partial charge in [-0.3, -0.25) is 14.9 Å². The first-order valence-electron chi connectivity index (χ1n) is 10.3. The average molecular weight is 438 g/mol. The molecule has 1 saturated heterocycles. The number of nitrogens with one attached hydrogen (secondary N) is 1. The van der Waals surface area contributed by atoms with Gasteiger partial charge in [-0.2, -0.15) is 5.26 Å². The number of methoxy groups -OCH3 is 1. The summed E-state index contributed by atoms with van der Waals surface area (Å²) in [6, 6.07) is 8.33. The van der Waals surface area contributed by atoms with E-state index in [-0.39, 0.29) is 18.5 Å². The lowest BCUT2D eigenvalue weighted by molar-refractivity contribution is -0.141. The second-order valence-corrected chi connectivity index (χ2v) is 8.57. The first-order valence-corrected chi connectivity index (χ1v) is 10.3. The lowest BCUT2D eigenvalue weighted by Gasteiger charge is -2.44. The molecule has 1 aromatic rings. The van der Waals surface area contributed by atoms with Gasteiger partial charge in [0.05, 0.1) is 30.2 Å². The Labute approximate surface area is 184 Å². The fourth-order valence-corrected chi connectivity index (χ4v) is 4.45. The zero-order chi connectivity index (χ0) is 21.1. The highest BCUT2D eigenvalue weighted by atomic mass is 35.5. The maximum absolute atomic E-state index is 12.0. The van der Waals surface area contributed by atoms with Crippen LogP contribution in [0.4, 0.5) is 0 Å². The highest BCUT2D eigenvalue weighted by Crippen LogP contribution is 2.41. The normalized spacial score (nSPS) is 19.4. The summed E-state index contributed by atoms with van der Waals surface area (Å²) in [7, 11) is 1.63. The molecule has 1 saturated carbocycles. The van der Waals surface area contributed by atoms with E-state index < -0.39 is 16.9 Å². The molecular formula is C22H32ClN3O4. The molecule has 1 aliphatic heterocycles. The predicted molar refractivity (Wildman–Crippen MR) is 115 cm³/mol. The van der Waals surface area contributed by atoms with E-state index >= 15 is 0 Å². The Kier molecular flexibility index (Phi) is 7.98. The zero-order valence-corrected chi connectivity index (χ0v) is 18.8. The number of hydrogen-bond donors (Lipinski definition) is 2. The molecule has 0 atom stereocenters. The number of hydrogen-bond acceptors (Lipinski definition) is 6. The average Bonchev–Trinajstić information content (AvgIpc) is 3.26. The number of carbonyl (C=O) groups excluding carboxylic acids is 1. The Bertz CT molecular complexity index is 779. The molecule has 3 rings (SSSR count). The van der Waals surface area contributed by atoms with Gasteiger partial charge < -0.3 is 9.47 Å². The van der Waals surface area contributed by atoms with Crippen molar-refractivity contribution in [2.24, 2.45) is 0 Å². The van der Waals surface area contributed by atoms with Crippen LogP contribution in [0.25, 0.3) is 0 Å². The Morgan fingerprint density at radius 1 is 1.27 bits per heavy atom. The number of nitrogens with zero attached hydrogens (tertiary/aromatic N) is 2. The Balaban J connectivity index is 0.00000320. The molecule has 2 N–H and O–H groups in total. The van der Waals surface area contributed by atoms with Crippen LogP contribution in [-0.2, 0) is 10.2 Å². The smallest absolute Gasteiger partial charge is 0.263 e. The topological polar surface area (TPSA) is 94.8 Å². The lowest BCUT2D eigenvalue weighted by atomic mass is 9.73. The van der Waals surface area contributed by atoms with Crippen LogP contribution in [0.2, 0.25) is 0 Å². The Morgan fingerprint density at radius 3 is 2.43 bits per heavy atom. The van der Waals surface area contributed by atoms with E-state index in [1.54, 1.807) is 26.4 Å². The van der Waals surface area contributed by atoms with Gasteiger partial charge in [0.15, 0.2) is 11.5 Å². The number of likely N-dealkylation sites (tertiary alicyclic amines) is 1. The first kappa shape index (κ1) is 24.3. The molecule has 1 aliphatic carbocycles. The molecule has 0 bridgehead atoms. The molecule has 8 heteroatoms. The van der Waals surface area contributed by atoms with Crippen molar-refractivity contribution in [3.05, 3.63) is 23.8 Å². The summed E-state index contributed by atoms with van der Waals surface area (Å²) in [5, 5.41) is 19.1. The lowest BCUT2D eigenvalue weighted by Crippen LogP contribution is -2.58. The van der Waals surface area contributed by atoms with Crippen molar-refractivity contribution in [2.45, 2.75) is 69.4 Å². The van der Waals surface area contributed by atoms with Crippen LogP contribution in [0.1, 0.15) is 57.9 Å². The molecule has 0 spiro atoms. The third-order valence-corrected chi connectivity index (χ3v) is 6.59. The van der Waals surface area contributed by atoms with Gasteiger partial charge in [-0.15, -0.1) is 12.4 Å². The fraction of sp³-hybridized carbons (Fsp3) is 0.636. The van der Waals surface area contributed by atoms with Crippen LogP contribution in [0.15, 0.2) is 18.2 Å². The number of ether oxygens (including phenoxy) is 2. The summed E-state index contributed by atoms with van der Waals surface area (Å²) >= 11 is 0. The highest BCUT2D eigenvalue weighted by molar-refractivity contribution is 5.85. The molecule has 0 unspecified atom stereocenters. The van der Waals surface area contributed by atoms with E-state index in [2.05, 4.69) is 6.07 Å². The quantitative estimate of drug-likeness (QED) is 0.521. The molecule has 30 heavy (non-hydrogen) atoms. The highest BCUT2D eigenvalue weighted by Gasteiger charge is 2.43. The molecule has 7 nitrogen and oxygen atoms in total. The molecule has 2 fully saturated rings. The van der Waals surface area contributed by atoms with Crippen molar-refractivity contribution in [2.75, 3.05) is 20.2 Å². The van der Waals surface area contributed by atoms with E-state index in [0.717, 1.165) is 18.4 Å². The summed E-state index contributed by atoms with van der Waals surface area (Å²) < 4.78 is 11.7. The van der Waals surface area contributed by atoms with Crippen LogP contribution in [0.5, 0.6) is 11.5 Å². The van der Waals surface area contributed by atoms with Gasteiger partial charge in [0.25, 0.3) is 5.91 Å². The largest absolute Gasteiger partial charge is 0.493 e. The number of hydroxylamine groups is 1. The Hall–Kier alpha value is -2.01. The number of rotatable bonds is 6. The minimum absolute atomic E-state index is 0. The second-order valence-electron chi connectivity index (χ2n) is 8.57. The van der Waals surface area contributed by atoms with Crippen LogP contribution in [0, 0.1) is 11.3 Å². The van der Waals surface area contributed by atoms with Gasteiger partial charge in [-0.05, 0) is 70.1 Å². The summed E-state index contributed by atoms with van der Waals surface area (Å²) in [6.45, 7) is 4.72. The van der Waals surface area contributed by atoms with E-state index in [1.165, 1.54) is 12.8 Å². The molecular weight excluding hydrogens is 406 g/mol. The van der Waals surface area contributed by atoms with E-state index in [1.807, 2.05) is 23.1 Å². The molecule has 0 aromatic heterocycles. The van der Waals surface area contributed by atoms with Crippen molar-refractivity contribution in [1.29, 1.82) is 5.26 Å². The second kappa shape index (κ2) is 9.86. The fourth-order valence-electron chi connectivity index (χ4n) is 4.45. The number of carbonyl (C=O) groups is 1. The molecule has 1 amide bonds. The van der Waals surface area contributed by atoms with Gasteiger partial charge in [0.2, 0.25) is 0 Å². The third kappa shape index (κ3) is 4.66. The molecule has 0 radical (unpaired) electrons. The standard InChI is InChI=1S/C22H31N3O4.ClH/c1-21(2,20(26)24-27)25-12-10-22(15-23,11-13-25)16-8-9-18(28-3)19(14-16)29-17-6-4-5-7-17;/h8-9,14,17,27H,4-7,10-13H2,1-3H3,(H,24,26);1H. The van der Waals surface area contributed by atoms with Crippen LogP contribution < -0.4 is 15.0 Å². The summed E-state index contributed by atoms with van der Waals surface area (Å²) in [6.07, 6.45) is 5.86. The van der Waals surface area contributed by atoms with Crippen molar-refractivity contribution in [3.8, 4) is 17.6 Å². The summed E-state index contributed by atoms with van der Waals surface area (Å²) in [5.74, 6) is 0.944. The van der Waals surface area contributed by atoms with Crippen molar-refractivity contribution >= 4 is 18.3 Å². The number of halogens is 1. The van der Waals surface area contributed by atoms with Gasteiger partial charge >= 0.3 is 0 Å². The van der Waals surface area contributed by atoms with Gasteiger partial charge in [-0.1, -0.05) is 6.07 Å². The van der Waals surface area contributed by atoms with E-state index in [9.17, 15) is 10.1 Å².